The molecule has 1 fully saturated rings. The van der Waals surface area contributed by atoms with E-state index in [1.807, 2.05) is 0 Å². The molecule has 0 unspecified atom stereocenters. The second-order valence-corrected chi connectivity index (χ2v) is 5.36. The maximum atomic E-state index is 5.21. The smallest absolute Gasteiger partial charge is 0.166 e. The third-order valence-electron chi connectivity index (χ3n) is 3.51. The van der Waals surface area contributed by atoms with E-state index < -0.39 is 0 Å². The van der Waals surface area contributed by atoms with Gasteiger partial charge in [0.25, 0.3) is 0 Å². The third-order valence-corrected chi connectivity index (χ3v) is 3.80. The van der Waals surface area contributed by atoms with Crippen molar-refractivity contribution in [1.82, 2.24) is 15.5 Å². The molecule has 17 heavy (non-hydrogen) atoms. The van der Waals surface area contributed by atoms with Crippen molar-refractivity contribution in [2.45, 2.75) is 51.5 Å². The molecule has 0 aromatic rings. The van der Waals surface area contributed by atoms with Crippen LogP contribution in [0.4, 0.5) is 0 Å². The van der Waals surface area contributed by atoms with Crippen LogP contribution in [-0.2, 0) is 0 Å². The first-order chi connectivity index (χ1) is 8.24. The Morgan fingerprint density at radius 2 is 1.88 bits per heavy atom. The highest BCUT2D eigenvalue weighted by Gasteiger charge is 2.18. The van der Waals surface area contributed by atoms with E-state index in [0.29, 0.717) is 0 Å². The van der Waals surface area contributed by atoms with Gasteiger partial charge in [0.15, 0.2) is 5.11 Å². The molecular formula is C13H27N3S. The van der Waals surface area contributed by atoms with Gasteiger partial charge in [-0.2, -0.15) is 0 Å². The summed E-state index contributed by atoms with van der Waals surface area (Å²) in [5, 5.41) is 7.31. The molecule has 0 radical (unpaired) electrons. The molecule has 0 aromatic carbocycles. The molecule has 2 N–H and O–H groups in total. The van der Waals surface area contributed by atoms with Crippen molar-refractivity contribution in [2.75, 3.05) is 26.7 Å². The highest BCUT2D eigenvalue weighted by atomic mass is 32.1. The van der Waals surface area contributed by atoms with Gasteiger partial charge in [0.1, 0.15) is 0 Å². The SMILES string of the molecule is CCCCNC(=S)NCCN(C)C1CCCC1. The molecule has 100 valence electrons. The largest absolute Gasteiger partial charge is 0.363 e. The number of thiocarbonyl (C=S) groups is 1. The Morgan fingerprint density at radius 1 is 1.24 bits per heavy atom. The average molecular weight is 257 g/mol. The minimum Gasteiger partial charge on any atom is -0.363 e. The lowest BCUT2D eigenvalue weighted by Crippen LogP contribution is -2.41. The van der Waals surface area contributed by atoms with Crippen molar-refractivity contribution in [1.29, 1.82) is 0 Å². The molecule has 0 amide bonds. The van der Waals surface area contributed by atoms with E-state index >= 15 is 0 Å². The molecular weight excluding hydrogens is 230 g/mol. The van der Waals surface area contributed by atoms with Crippen LogP contribution in [0, 0.1) is 0 Å². The summed E-state index contributed by atoms with van der Waals surface area (Å²) >= 11 is 5.21. The Labute approximate surface area is 111 Å². The van der Waals surface area contributed by atoms with Crippen molar-refractivity contribution < 1.29 is 0 Å². The topological polar surface area (TPSA) is 27.3 Å². The van der Waals surface area contributed by atoms with E-state index in [4.69, 9.17) is 12.2 Å². The Bertz CT molecular complexity index is 215. The van der Waals surface area contributed by atoms with Gasteiger partial charge in [0, 0.05) is 25.7 Å². The number of rotatable bonds is 7. The van der Waals surface area contributed by atoms with Gasteiger partial charge in [-0.25, -0.2) is 0 Å². The fraction of sp³-hybridized carbons (Fsp3) is 0.923. The molecule has 1 saturated carbocycles. The zero-order chi connectivity index (χ0) is 12.5. The minimum absolute atomic E-state index is 0.804. The van der Waals surface area contributed by atoms with E-state index in [-0.39, 0.29) is 0 Å². The van der Waals surface area contributed by atoms with Crippen molar-refractivity contribution in [3.8, 4) is 0 Å². The molecule has 0 atom stereocenters. The maximum Gasteiger partial charge on any atom is 0.166 e. The first-order valence-electron chi connectivity index (χ1n) is 6.96. The second-order valence-electron chi connectivity index (χ2n) is 4.96. The standard InChI is InChI=1S/C13H27N3S/c1-3-4-9-14-13(17)15-10-11-16(2)12-7-5-6-8-12/h12H,3-11H2,1-2H3,(H2,14,15,17). The Kier molecular flexibility index (Phi) is 7.53. The molecule has 1 aliphatic carbocycles. The lowest BCUT2D eigenvalue weighted by molar-refractivity contribution is 0.249. The van der Waals surface area contributed by atoms with Gasteiger partial charge in [-0.3, -0.25) is 0 Å². The number of hydrogen-bond acceptors (Lipinski definition) is 2. The predicted octanol–water partition coefficient (Wildman–Crippen LogP) is 2.12. The van der Waals surface area contributed by atoms with E-state index in [1.165, 1.54) is 38.5 Å². The highest BCUT2D eigenvalue weighted by Crippen LogP contribution is 2.21. The summed E-state index contributed by atoms with van der Waals surface area (Å²) < 4.78 is 0. The van der Waals surface area contributed by atoms with Crippen LogP contribution in [0.15, 0.2) is 0 Å². The molecule has 0 heterocycles. The van der Waals surface area contributed by atoms with Crippen LogP contribution in [0.3, 0.4) is 0 Å². The van der Waals surface area contributed by atoms with Gasteiger partial charge in [-0.1, -0.05) is 26.2 Å². The van der Waals surface area contributed by atoms with Crippen molar-refractivity contribution in [3.05, 3.63) is 0 Å². The van der Waals surface area contributed by atoms with Crippen LogP contribution in [0.2, 0.25) is 0 Å². The summed E-state index contributed by atoms with van der Waals surface area (Å²) in [5.74, 6) is 0. The summed E-state index contributed by atoms with van der Waals surface area (Å²) in [6.07, 6.45) is 7.94. The third kappa shape index (κ3) is 6.22. The molecule has 4 heteroatoms. The first kappa shape index (κ1) is 14.7. The molecule has 0 saturated heterocycles. The van der Waals surface area contributed by atoms with Gasteiger partial charge in [-0.05, 0) is 38.5 Å². The van der Waals surface area contributed by atoms with Crippen LogP contribution >= 0.6 is 12.2 Å². The Hall–Kier alpha value is -0.350. The molecule has 1 aliphatic rings. The summed E-state index contributed by atoms with van der Waals surface area (Å²) in [7, 11) is 2.23. The van der Waals surface area contributed by atoms with Crippen LogP contribution in [0.1, 0.15) is 45.4 Å². The monoisotopic (exact) mass is 257 g/mol. The van der Waals surface area contributed by atoms with Crippen molar-refractivity contribution in [2.24, 2.45) is 0 Å². The molecule has 0 spiro atoms. The van der Waals surface area contributed by atoms with Gasteiger partial charge < -0.3 is 15.5 Å². The molecule has 0 bridgehead atoms. The molecule has 3 nitrogen and oxygen atoms in total. The zero-order valence-electron chi connectivity index (χ0n) is 11.3. The van der Waals surface area contributed by atoms with Crippen LogP contribution in [-0.4, -0.2) is 42.7 Å². The first-order valence-corrected chi connectivity index (χ1v) is 7.36. The number of likely N-dealkylation sites (N-methyl/N-ethyl adjacent to an activating group) is 1. The van der Waals surface area contributed by atoms with Crippen LogP contribution < -0.4 is 10.6 Å². The van der Waals surface area contributed by atoms with Crippen LogP contribution in [0.25, 0.3) is 0 Å². The molecule has 0 aromatic heterocycles. The van der Waals surface area contributed by atoms with Gasteiger partial charge >= 0.3 is 0 Å². The van der Waals surface area contributed by atoms with Crippen molar-refractivity contribution in [3.63, 3.8) is 0 Å². The lowest BCUT2D eigenvalue weighted by Gasteiger charge is -2.24. The van der Waals surface area contributed by atoms with Gasteiger partial charge in [0.05, 0.1) is 0 Å². The average Bonchev–Trinajstić information content (AvgIpc) is 2.82. The summed E-state index contributed by atoms with van der Waals surface area (Å²) in [5.41, 5.74) is 0. The Balaban J connectivity index is 2.00. The van der Waals surface area contributed by atoms with E-state index in [1.54, 1.807) is 0 Å². The summed E-state index contributed by atoms with van der Waals surface area (Å²) in [4.78, 5) is 2.47. The van der Waals surface area contributed by atoms with Gasteiger partial charge in [0.2, 0.25) is 0 Å². The second kappa shape index (κ2) is 8.70. The summed E-state index contributed by atoms with van der Waals surface area (Å²) in [6, 6.07) is 0.804. The fourth-order valence-electron chi connectivity index (χ4n) is 2.31. The van der Waals surface area contributed by atoms with E-state index in [9.17, 15) is 0 Å². The summed E-state index contributed by atoms with van der Waals surface area (Å²) in [6.45, 7) is 5.21. The molecule has 1 rings (SSSR count). The Morgan fingerprint density at radius 3 is 2.53 bits per heavy atom. The normalized spacial score (nSPS) is 16.4. The number of hydrogen-bond donors (Lipinski definition) is 2. The predicted molar refractivity (Wildman–Crippen MR) is 78.4 cm³/mol. The fourth-order valence-corrected chi connectivity index (χ4v) is 2.52. The minimum atomic E-state index is 0.804. The zero-order valence-corrected chi connectivity index (χ0v) is 12.1. The maximum absolute atomic E-state index is 5.21. The highest BCUT2D eigenvalue weighted by molar-refractivity contribution is 7.80. The van der Waals surface area contributed by atoms with E-state index in [0.717, 1.165) is 30.8 Å². The quantitative estimate of drug-likeness (QED) is 0.540. The van der Waals surface area contributed by atoms with E-state index in [2.05, 4.69) is 29.5 Å². The lowest BCUT2D eigenvalue weighted by atomic mass is 10.2. The van der Waals surface area contributed by atoms with Crippen molar-refractivity contribution >= 4 is 17.3 Å². The number of nitrogens with one attached hydrogen (secondary N) is 2. The van der Waals surface area contributed by atoms with Gasteiger partial charge in [-0.15, -0.1) is 0 Å². The number of nitrogens with zero attached hydrogens (tertiary/aromatic N) is 1. The molecule has 0 aliphatic heterocycles. The number of unbranched alkanes of at least 4 members (excludes halogenated alkanes) is 1. The van der Waals surface area contributed by atoms with Crippen LogP contribution in [0.5, 0.6) is 0 Å².